The van der Waals surface area contributed by atoms with Crippen molar-refractivity contribution in [1.29, 1.82) is 0 Å². The third-order valence-electron chi connectivity index (χ3n) is 3.14. The third kappa shape index (κ3) is 4.74. The lowest BCUT2D eigenvalue weighted by molar-refractivity contribution is 0.332. The molecule has 0 radical (unpaired) electrons. The van der Waals surface area contributed by atoms with Gasteiger partial charge in [0.25, 0.3) is 0 Å². The van der Waals surface area contributed by atoms with E-state index in [1.54, 1.807) is 0 Å². The van der Waals surface area contributed by atoms with Crippen LogP contribution in [0.4, 0.5) is 4.39 Å². The normalized spacial score (nSPS) is 12.3. The number of hydrogen-bond acceptors (Lipinski definition) is 4. The first kappa shape index (κ1) is 18.0. The topological polar surface area (TPSA) is 66.6 Å². The first-order valence-electron chi connectivity index (χ1n) is 6.96. The Morgan fingerprint density at radius 1 is 1.19 bits per heavy atom. The fourth-order valence-electron chi connectivity index (χ4n) is 1.99. The van der Waals surface area contributed by atoms with E-state index in [0.717, 1.165) is 6.07 Å². The Balaban J connectivity index is 3.18. The maximum atomic E-state index is 13.4. The van der Waals surface area contributed by atoms with Crippen molar-refractivity contribution in [3.05, 3.63) is 29.6 Å². The fraction of sp³-hybridized carbons (Fsp3) is 0.571. The molecule has 1 aromatic rings. The van der Waals surface area contributed by atoms with Crippen LogP contribution < -0.4 is 5.73 Å². The molecule has 0 saturated heterocycles. The second kappa shape index (κ2) is 7.84. The Kier molecular flexibility index (Phi) is 6.73. The van der Waals surface area contributed by atoms with Gasteiger partial charge in [-0.25, -0.2) is 12.8 Å². The van der Waals surface area contributed by atoms with Gasteiger partial charge in [0.15, 0.2) is 0 Å². The quantitative estimate of drug-likeness (QED) is 0.783. The molecule has 0 spiro atoms. The lowest BCUT2D eigenvalue weighted by atomic mass is 10.2. The molecule has 5 nitrogen and oxygen atoms in total. The summed E-state index contributed by atoms with van der Waals surface area (Å²) in [6, 6.07) is 3.71. The Hall–Kier alpha value is -1.02. The third-order valence-corrected chi connectivity index (χ3v) is 5.12. The zero-order valence-electron chi connectivity index (χ0n) is 12.8. The maximum absolute atomic E-state index is 13.4. The fourth-order valence-corrected chi connectivity index (χ4v) is 3.76. The Labute approximate surface area is 126 Å². The molecule has 0 heterocycles. The molecule has 7 heteroatoms. The number of likely N-dealkylation sites (N-methyl/N-ethyl adjacent to an activating group) is 1. The standard InChI is InChI=1S/C14H24FN3O2S/c1-4-7-18(9-8-17(2)3)21(19,20)14-10-13(15)6-5-12(14)11-16/h5-6,10H,4,7-9,11,16H2,1-3H3. The van der Waals surface area contributed by atoms with Crippen molar-refractivity contribution in [2.24, 2.45) is 5.73 Å². The van der Waals surface area contributed by atoms with Crippen LogP contribution >= 0.6 is 0 Å². The van der Waals surface area contributed by atoms with Crippen LogP contribution in [0.1, 0.15) is 18.9 Å². The predicted molar refractivity (Wildman–Crippen MR) is 81.9 cm³/mol. The van der Waals surface area contributed by atoms with Gasteiger partial charge in [-0.3, -0.25) is 0 Å². The van der Waals surface area contributed by atoms with E-state index in [0.29, 0.717) is 31.6 Å². The average molecular weight is 317 g/mol. The number of nitrogens with zero attached hydrogens (tertiary/aromatic N) is 2. The molecule has 0 fully saturated rings. The SMILES string of the molecule is CCCN(CCN(C)C)S(=O)(=O)c1cc(F)ccc1CN. The van der Waals surface area contributed by atoms with Gasteiger partial charge in [0, 0.05) is 26.2 Å². The van der Waals surface area contributed by atoms with Crippen molar-refractivity contribution in [2.75, 3.05) is 33.7 Å². The molecule has 1 aromatic carbocycles. The summed E-state index contributed by atoms with van der Waals surface area (Å²) < 4.78 is 40.3. The number of benzene rings is 1. The van der Waals surface area contributed by atoms with Gasteiger partial charge in [-0.15, -0.1) is 0 Å². The van der Waals surface area contributed by atoms with Gasteiger partial charge in [-0.2, -0.15) is 4.31 Å². The lowest BCUT2D eigenvalue weighted by Gasteiger charge is -2.24. The summed E-state index contributed by atoms with van der Waals surface area (Å²) in [5, 5.41) is 0. The molecule has 2 N–H and O–H groups in total. The van der Waals surface area contributed by atoms with Crippen molar-refractivity contribution in [3.8, 4) is 0 Å². The second-order valence-electron chi connectivity index (χ2n) is 5.16. The zero-order valence-corrected chi connectivity index (χ0v) is 13.7. The summed E-state index contributed by atoms with van der Waals surface area (Å²) in [5.74, 6) is -0.574. The highest BCUT2D eigenvalue weighted by Crippen LogP contribution is 2.21. The Morgan fingerprint density at radius 3 is 2.38 bits per heavy atom. The van der Waals surface area contributed by atoms with Gasteiger partial charge in [0.05, 0.1) is 4.90 Å². The van der Waals surface area contributed by atoms with Crippen LogP contribution in [0, 0.1) is 5.82 Å². The van der Waals surface area contributed by atoms with Gasteiger partial charge in [-0.05, 0) is 38.2 Å². The number of rotatable bonds is 8. The van der Waals surface area contributed by atoms with Crippen LogP contribution in [0.5, 0.6) is 0 Å². The monoisotopic (exact) mass is 317 g/mol. The number of hydrogen-bond donors (Lipinski definition) is 1. The van der Waals surface area contributed by atoms with Crippen LogP contribution in [0.2, 0.25) is 0 Å². The van der Waals surface area contributed by atoms with Gasteiger partial charge in [0.1, 0.15) is 5.82 Å². The smallest absolute Gasteiger partial charge is 0.243 e. The number of sulfonamides is 1. The molecule has 0 bridgehead atoms. The highest BCUT2D eigenvalue weighted by Gasteiger charge is 2.26. The minimum atomic E-state index is -3.74. The summed E-state index contributed by atoms with van der Waals surface area (Å²) >= 11 is 0. The van der Waals surface area contributed by atoms with Crippen molar-refractivity contribution in [3.63, 3.8) is 0 Å². The average Bonchev–Trinajstić information content (AvgIpc) is 2.43. The summed E-state index contributed by atoms with van der Waals surface area (Å²) in [6.45, 7) is 3.34. The van der Waals surface area contributed by atoms with E-state index in [1.165, 1.54) is 16.4 Å². The molecule has 0 saturated carbocycles. The van der Waals surface area contributed by atoms with E-state index >= 15 is 0 Å². The highest BCUT2D eigenvalue weighted by molar-refractivity contribution is 7.89. The second-order valence-corrected chi connectivity index (χ2v) is 7.07. The molecule has 1 rings (SSSR count). The van der Waals surface area contributed by atoms with Gasteiger partial charge in [-0.1, -0.05) is 13.0 Å². The highest BCUT2D eigenvalue weighted by atomic mass is 32.2. The summed E-state index contributed by atoms with van der Waals surface area (Å²) in [5.41, 5.74) is 6.01. The summed E-state index contributed by atoms with van der Waals surface area (Å²) in [4.78, 5) is 1.88. The molecule has 0 amide bonds. The first-order valence-corrected chi connectivity index (χ1v) is 8.40. The molecule has 0 aliphatic carbocycles. The van der Waals surface area contributed by atoms with E-state index in [2.05, 4.69) is 0 Å². The summed E-state index contributed by atoms with van der Waals surface area (Å²) in [7, 11) is 0.0209. The molecule has 21 heavy (non-hydrogen) atoms. The molecule has 0 aromatic heterocycles. The van der Waals surface area contributed by atoms with E-state index in [1.807, 2.05) is 25.9 Å². The van der Waals surface area contributed by atoms with Crippen LogP contribution in [-0.2, 0) is 16.6 Å². The molecule has 0 aliphatic rings. The Morgan fingerprint density at radius 2 is 1.86 bits per heavy atom. The predicted octanol–water partition coefficient (Wildman–Crippen LogP) is 1.25. The molecule has 120 valence electrons. The van der Waals surface area contributed by atoms with Gasteiger partial charge < -0.3 is 10.6 Å². The minimum absolute atomic E-state index is 0.0304. The largest absolute Gasteiger partial charge is 0.326 e. The van der Waals surface area contributed by atoms with Gasteiger partial charge in [0.2, 0.25) is 10.0 Å². The lowest BCUT2D eigenvalue weighted by Crippen LogP contribution is -2.37. The van der Waals surface area contributed by atoms with E-state index < -0.39 is 15.8 Å². The zero-order chi connectivity index (χ0) is 16.0. The van der Waals surface area contributed by atoms with Crippen LogP contribution in [0.25, 0.3) is 0 Å². The molecule has 0 atom stereocenters. The van der Waals surface area contributed by atoms with Crippen LogP contribution in [0.3, 0.4) is 0 Å². The van der Waals surface area contributed by atoms with E-state index in [4.69, 9.17) is 5.73 Å². The van der Waals surface area contributed by atoms with E-state index in [-0.39, 0.29) is 11.4 Å². The molecular formula is C14H24FN3O2S. The van der Waals surface area contributed by atoms with Gasteiger partial charge >= 0.3 is 0 Å². The maximum Gasteiger partial charge on any atom is 0.243 e. The van der Waals surface area contributed by atoms with Crippen LogP contribution in [0.15, 0.2) is 23.1 Å². The Bertz CT molecular complexity index is 561. The molecule has 0 unspecified atom stereocenters. The number of halogens is 1. The van der Waals surface area contributed by atoms with E-state index in [9.17, 15) is 12.8 Å². The van der Waals surface area contributed by atoms with Crippen molar-refractivity contribution < 1.29 is 12.8 Å². The summed E-state index contributed by atoms with van der Waals surface area (Å²) in [6.07, 6.45) is 0.694. The van der Waals surface area contributed by atoms with Crippen molar-refractivity contribution in [2.45, 2.75) is 24.8 Å². The number of nitrogens with two attached hydrogens (primary N) is 1. The van der Waals surface area contributed by atoms with Crippen molar-refractivity contribution >= 4 is 10.0 Å². The van der Waals surface area contributed by atoms with Crippen molar-refractivity contribution in [1.82, 2.24) is 9.21 Å². The first-order chi connectivity index (χ1) is 9.82. The van der Waals surface area contributed by atoms with Crippen LogP contribution in [-0.4, -0.2) is 51.4 Å². The molecule has 0 aliphatic heterocycles. The minimum Gasteiger partial charge on any atom is -0.326 e. The molecular weight excluding hydrogens is 293 g/mol.